The fourth-order valence-electron chi connectivity index (χ4n) is 1.63. The van der Waals surface area contributed by atoms with Gasteiger partial charge in [0.1, 0.15) is 6.04 Å². The summed E-state index contributed by atoms with van der Waals surface area (Å²) in [5.41, 5.74) is 0.261. The first-order valence-corrected chi connectivity index (χ1v) is 6.80. The molecule has 21 heavy (non-hydrogen) atoms. The molecule has 3 N–H and O–H groups in total. The topological polar surface area (TPSA) is 87.7 Å². The van der Waals surface area contributed by atoms with Crippen molar-refractivity contribution in [1.29, 1.82) is 0 Å². The molecule has 2 amide bonds. The van der Waals surface area contributed by atoms with E-state index in [-0.39, 0.29) is 23.0 Å². The van der Waals surface area contributed by atoms with Crippen LogP contribution in [0.1, 0.15) is 31.1 Å². The number of ether oxygens (including phenoxy) is 1. The van der Waals surface area contributed by atoms with Crippen LogP contribution in [0, 0.1) is 5.92 Å². The lowest BCUT2D eigenvalue weighted by atomic mass is 10.1. The van der Waals surface area contributed by atoms with Crippen LogP contribution in [-0.2, 0) is 4.79 Å². The number of phenols is 1. The van der Waals surface area contributed by atoms with E-state index in [2.05, 4.69) is 10.6 Å². The van der Waals surface area contributed by atoms with Crippen molar-refractivity contribution in [2.45, 2.75) is 26.8 Å². The van der Waals surface area contributed by atoms with E-state index in [0.717, 1.165) is 0 Å². The molecule has 1 aromatic rings. The normalized spacial score (nSPS) is 11.9. The monoisotopic (exact) mass is 294 g/mol. The predicted molar refractivity (Wildman–Crippen MR) is 79.4 cm³/mol. The van der Waals surface area contributed by atoms with Gasteiger partial charge in [0.15, 0.2) is 11.5 Å². The van der Waals surface area contributed by atoms with Gasteiger partial charge in [-0.25, -0.2) is 0 Å². The molecule has 6 heteroatoms. The number of carbonyl (C=O) groups is 2. The van der Waals surface area contributed by atoms with Crippen molar-refractivity contribution < 1.29 is 19.4 Å². The molecule has 1 unspecified atom stereocenters. The Morgan fingerprint density at radius 1 is 1.29 bits per heavy atom. The minimum absolute atomic E-state index is 0.123. The molecule has 0 radical (unpaired) electrons. The van der Waals surface area contributed by atoms with Gasteiger partial charge in [-0.3, -0.25) is 9.59 Å². The molecular formula is C15H22N2O4. The summed E-state index contributed by atoms with van der Waals surface area (Å²) >= 11 is 0. The Kier molecular flexibility index (Phi) is 6.02. The highest BCUT2D eigenvalue weighted by Gasteiger charge is 2.17. The highest BCUT2D eigenvalue weighted by Crippen LogP contribution is 2.26. The Hall–Kier alpha value is -2.24. The number of methoxy groups -OCH3 is 1. The number of carbonyl (C=O) groups excluding carboxylic acids is 2. The summed E-state index contributed by atoms with van der Waals surface area (Å²) in [4.78, 5) is 23.8. The third-order valence-electron chi connectivity index (χ3n) is 2.87. The Labute approximate surface area is 124 Å². The van der Waals surface area contributed by atoms with Crippen molar-refractivity contribution in [3.05, 3.63) is 23.8 Å². The van der Waals surface area contributed by atoms with Gasteiger partial charge in [0.25, 0.3) is 5.91 Å². The van der Waals surface area contributed by atoms with Crippen LogP contribution in [0.4, 0.5) is 0 Å². The fourth-order valence-corrected chi connectivity index (χ4v) is 1.63. The van der Waals surface area contributed by atoms with Crippen LogP contribution in [0.5, 0.6) is 11.5 Å². The van der Waals surface area contributed by atoms with Gasteiger partial charge in [-0.05, 0) is 31.0 Å². The number of phenolic OH excluding ortho intramolecular Hbond substituents is 1. The van der Waals surface area contributed by atoms with Crippen molar-refractivity contribution >= 4 is 11.8 Å². The molecule has 6 nitrogen and oxygen atoms in total. The first-order chi connectivity index (χ1) is 9.85. The molecule has 0 aliphatic heterocycles. The molecule has 0 aromatic heterocycles. The largest absolute Gasteiger partial charge is 0.504 e. The average molecular weight is 294 g/mol. The number of hydrogen-bond acceptors (Lipinski definition) is 4. The number of amides is 2. The van der Waals surface area contributed by atoms with Crippen molar-refractivity contribution in [2.75, 3.05) is 13.7 Å². The molecule has 0 heterocycles. The summed E-state index contributed by atoms with van der Waals surface area (Å²) < 4.78 is 4.91. The summed E-state index contributed by atoms with van der Waals surface area (Å²) in [5.74, 6) is -0.165. The predicted octanol–water partition coefficient (Wildman–Crippen LogP) is 1.29. The Balaban J connectivity index is 2.64. The van der Waals surface area contributed by atoms with Crippen molar-refractivity contribution in [3.63, 3.8) is 0 Å². The van der Waals surface area contributed by atoms with Crippen LogP contribution >= 0.6 is 0 Å². The number of nitrogens with one attached hydrogen (secondary N) is 2. The van der Waals surface area contributed by atoms with Crippen molar-refractivity contribution in [2.24, 2.45) is 5.92 Å². The molecule has 0 saturated heterocycles. The lowest BCUT2D eigenvalue weighted by molar-refractivity contribution is -0.122. The molecular weight excluding hydrogens is 272 g/mol. The molecule has 0 spiro atoms. The molecule has 1 atom stereocenters. The van der Waals surface area contributed by atoms with E-state index < -0.39 is 11.9 Å². The minimum atomic E-state index is -0.652. The van der Waals surface area contributed by atoms with E-state index in [1.165, 1.54) is 25.3 Å². The second-order valence-electron chi connectivity index (χ2n) is 5.22. The Bertz CT molecular complexity index is 514. The maximum Gasteiger partial charge on any atom is 0.252 e. The van der Waals surface area contributed by atoms with Gasteiger partial charge in [0, 0.05) is 12.1 Å². The van der Waals surface area contributed by atoms with Gasteiger partial charge >= 0.3 is 0 Å². The van der Waals surface area contributed by atoms with Gasteiger partial charge in [0.05, 0.1) is 7.11 Å². The summed E-state index contributed by atoms with van der Waals surface area (Å²) in [7, 11) is 1.43. The third-order valence-corrected chi connectivity index (χ3v) is 2.87. The lowest BCUT2D eigenvalue weighted by Crippen LogP contribution is -2.45. The van der Waals surface area contributed by atoms with Crippen LogP contribution in [0.15, 0.2) is 18.2 Å². The molecule has 0 fully saturated rings. The summed E-state index contributed by atoms with van der Waals surface area (Å²) in [5, 5.41) is 15.0. The molecule has 1 aromatic carbocycles. The lowest BCUT2D eigenvalue weighted by Gasteiger charge is -2.15. The fraction of sp³-hybridized carbons (Fsp3) is 0.467. The zero-order chi connectivity index (χ0) is 16.0. The Morgan fingerprint density at radius 2 is 1.95 bits per heavy atom. The first kappa shape index (κ1) is 16.8. The van der Waals surface area contributed by atoms with Crippen LogP contribution in [0.3, 0.4) is 0 Å². The molecule has 0 bridgehead atoms. The van der Waals surface area contributed by atoms with E-state index >= 15 is 0 Å². The number of hydrogen-bond donors (Lipinski definition) is 3. The molecule has 0 saturated carbocycles. The number of aromatic hydroxyl groups is 1. The summed E-state index contributed by atoms with van der Waals surface area (Å²) in [6.45, 7) is 6.15. The van der Waals surface area contributed by atoms with Gasteiger partial charge in [-0.15, -0.1) is 0 Å². The number of benzene rings is 1. The Morgan fingerprint density at radius 3 is 2.48 bits per heavy atom. The van der Waals surface area contributed by atoms with Gasteiger partial charge in [0.2, 0.25) is 5.91 Å². The van der Waals surface area contributed by atoms with Crippen LogP contribution in [-0.4, -0.2) is 36.6 Å². The SMILES string of the molecule is COc1ccc(C(=O)NC(C)C(=O)NCC(C)C)cc1O. The molecule has 0 aliphatic rings. The summed E-state index contributed by atoms with van der Waals surface area (Å²) in [6.07, 6.45) is 0. The van der Waals surface area contributed by atoms with E-state index in [1.54, 1.807) is 6.92 Å². The van der Waals surface area contributed by atoms with Gasteiger partial charge in [-0.1, -0.05) is 13.8 Å². The van der Waals surface area contributed by atoms with E-state index in [0.29, 0.717) is 12.5 Å². The average Bonchev–Trinajstić information content (AvgIpc) is 2.44. The van der Waals surface area contributed by atoms with Crippen molar-refractivity contribution in [1.82, 2.24) is 10.6 Å². The quantitative estimate of drug-likeness (QED) is 0.738. The van der Waals surface area contributed by atoms with Crippen LogP contribution < -0.4 is 15.4 Å². The van der Waals surface area contributed by atoms with E-state index in [4.69, 9.17) is 4.74 Å². The van der Waals surface area contributed by atoms with E-state index in [9.17, 15) is 14.7 Å². The van der Waals surface area contributed by atoms with E-state index in [1.807, 2.05) is 13.8 Å². The highest BCUT2D eigenvalue weighted by molar-refractivity contribution is 5.97. The minimum Gasteiger partial charge on any atom is -0.504 e. The van der Waals surface area contributed by atoms with Crippen LogP contribution in [0.2, 0.25) is 0 Å². The molecule has 116 valence electrons. The zero-order valence-electron chi connectivity index (χ0n) is 12.8. The summed E-state index contributed by atoms with van der Waals surface area (Å²) in [6, 6.07) is 3.66. The highest BCUT2D eigenvalue weighted by atomic mass is 16.5. The smallest absolute Gasteiger partial charge is 0.252 e. The second-order valence-corrected chi connectivity index (χ2v) is 5.22. The standard InChI is InChI=1S/C15H22N2O4/c1-9(2)8-16-14(19)10(3)17-15(20)11-5-6-13(21-4)12(18)7-11/h5-7,9-10,18H,8H2,1-4H3,(H,16,19)(H,17,20). The zero-order valence-corrected chi connectivity index (χ0v) is 12.8. The van der Waals surface area contributed by atoms with Crippen molar-refractivity contribution in [3.8, 4) is 11.5 Å². The molecule has 1 rings (SSSR count). The van der Waals surface area contributed by atoms with Gasteiger partial charge in [-0.2, -0.15) is 0 Å². The van der Waals surface area contributed by atoms with Gasteiger partial charge < -0.3 is 20.5 Å². The third kappa shape index (κ3) is 4.98. The van der Waals surface area contributed by atoms with Crippen LogP contribution in [0.25, 0.3) is 0 Å². The number of rotatable bonds is 6. The first-order valence-electron chi connectivity index (χ1n) is 6.80. The second kappa shape index (κ2) is 7.52. The maximum atomic E-state index is 12.0. The molecule has 0 aliphatic carbocycles. The maximum absolute atomic E-state index is 12.0.